The zero-order valence-electron chi connectivity index (χ0n) is 25.0. The molecule has 0 aliphatic carbocycles. The molecule has 7 N–H and O–H groups in total. The van der Waals surface area contributed by atoms with E-state index >= 15 is 0 Å². The molecular weight excluding hydrogens is 616 g/mol. The number of aliphatic hydroxyl groups is 7. The summed E-state index contributed by atoms with van der Waals surface area (Å²) in [6.07, 6.45) is -15.4. The van der Waals surface area contributed by atoms with Gasteiger partial charge in [0.05, 0.1) is 40.1 Å². The minimum atomic E-state index is -1.84. The number of benzene rings is 2. The molecule has 0 amide bonds. The molecule has 2 fully saturated rings. The van der Waals surface area contributed by atoms with Crippen molar-refractivity contribution in [2.24, 2.45) is 0 Å². The Hall–Kier alpha value is -3.55. The van der Waals surface area contributed by atoms with E-state index in [2.05, 4.69) is 0 Å². The van der Waals surface area contributed by atoms with Crippen molar-refractivity contribution in [3.63, 3.8) is 0 Å². The molecule has 3 aromatic rings. The summed E-state index contributed by atoms with van der Waals surface area (Å²) in [6.45, 7) is -1.50. The Morgan fingerprint density at radius 3 is 1.98 bits per heavy atom. The van der Waals surface area contributed by atoms with Crippen molar-refractivity contribution >= 4 is 11.0 Å². The maximum Gasteiger partial charge on any atom is 0.229 e. The van der Waals surface area contributed by atoms with E-state index in [0.29, 0.717) is 11.3 Å². The van der Waals surface area contributed by atoms with Gasteiger partial charge in [-0.25, -0.2) is 0 Å². The number of hydrogen-bond acceptors (Lipinski definition) is 16. The number of fused-ring (bicyclic) bond motifs is 1. The van der Waals surface area contributed by atoms with Crippen LogP contribution in [0.15, 0.2) is 45.8 Å². The van der Waals surface area contributed by atoms with Gasteiger partial charge in [-0.15, -0.1) is 0 Å². The van der Waals surface area contributed by atoms with Crippen LogP contribution < -0.4 is 24.4 Å². The van der Waals surface area contributed by atoms with Crippen molar-refractivity contribution in [2.45, 2.75) is 61.4 Å². The van der Waals surface area contributed by atoms with E-state index in [-0.39, 0.29) is 33.8 Å². The van der Waals surface area contributed by atoms with E-state index in [1.807, 2.05) is 0 Å². The van der Waals surface area contributed by atoms with Crippen LogP contribution in [0.5, 0.6) is 23.0 Å². The third-order valence-corrected chi connectivity index (χ3v) is 7.96. The normalized spacial score (nSPS) is 31.4. The molecule has 2 aliphatic rings. The SMILES string of the molecule is COc1ccc(-c2coc3cc(O[C@@H]4O[C@H](CO)[C@@H](O)[C@H](O[C@@H]5O[C@H](CO)[C@@H](O)[C@H](O)[C@H]5O)[C@H]4O)c(OC)c(OC)c3c2=O)cc1. The van der Waals surface area contributed by atoms with Gasteiger partial charge in [-0.2, -0.15) is 0 Å². The van der Waals surface area contributed by atoms with Crippen molar-refractivity contribution in [1.29, 1.82) is 0 Å². The molecule has 0 unspecified atom stereocenters. The summed E-state index contributed by atoms with van der Waals surface area (Å²) < 4.78 is 44.6. The van der Waals surface area contributed by atoms with Gasteiger partial charge in [-0.1, -0.05) is 12.1 Å². The Balaban J connectivity index is 1.48. The Morgan fingerprint density at radius 2 is 1.37 bits per heavy atom. The monoisotopic (exact) mass is 652 g/mol. The smallest absolute Gasteiger partial charge is 0.229 e. The van der Waals surface area contributed by atoms with Crippen molar-refractivity contribution in [2.75, 3.05) is 34.5 Å². The Kier molecular flexibility index (Phi) is 10.3. The highest BCUT2D eigenvalue weighted by Gasteiger charge is 2.51. The highest BCUT2D eigenvalue weighted by Crippen LogP contribution is 2.44. The van der Waals surface area contributed by atoms with Crippen LogP contribution in [0.3, 0.4) is 0 Å². The van der Waals surface area contributed by atoms with Crippen LogP contribution in [0.4, 0.5) is 0 Å². The van der Waals surface area contributed by atoms with Crippen LogP contribution in [-0.4, -0.2) is 132 Å². The number of ether oxygens (including phenoxy) is 7. The summed E-state index contributed by atoms with van der Waals surface area (Å²) in [4.78, 5) is 13.7. The Labute approximate surface area is 261 Å². The predicted molar refractivity (Wildman–Crippen MR) is 155 cm³/mol. The van der Waals surface area contributed by atoms with Crippen molar-refractivity contribution < 1.29 is 73.3 Å². The first-order chi connectivity index (χ1) is 22.1. The van der Waals surface area contributed by atoms with E-state index < -0.39 is 80.1 Å². The van der Waals surface area contributed by atoms with E-state index in [1.165, 1.54) is 33.7 Å². The van der Waals surface area contributed by atoms with Gasteiger partial charge < -0.3 is 73.3 Å². The van der Waals surface area contributed by atoms with Crippen LogP contribution in [0.2, 0.25) is 0 Å². The fourth-order valence-corrected chi connectivity index (χ4v) is 5.43. The van der Waals surface area contributed by atoms with Crippen molar-refractivity contribution in [3.8, 4) is 34.1 Å². The molecule has 0 radical (unpaired) electrons. The van der Waals surface area contributed by atoms with Crippen LogP contribution in [0.1, 0.15) is 0 Å². The van der Waals surface area contributed by atoms with Crippen molar-refractivity contribution in [3.05, 3.63) is 46.8 Å². The van der Waals surface area contributed by atoms with E-state index in [0.717, 1.165) is 0 Å². The number of aliphatic hydroxyl groups excluding tert-OH is 7. The fourth-order valence-electron chi connectivity index (χ4n) is 5.43. The molecule has 0 spiro atoms. The number of methoxy groups -OCH3 is 3. The lowest BCUT2D eigenvalue weighted by Crippen LogP contribution is -2.65. The maximum absolute atomic E-state index is 13.7. The standard InChI is InChI=1S/C30H36O16/c1-39-13-6-4-12(5-7-13)14-11-42-15-8-16(26(40-2)27(41-3)19(15)20(14)33)43-30-25(38)28(22(35)18(10-32)45-30)46-29-24(37)23(36)21(34)17(9-31)44-29/h4-8,11,17-18,21-25,28-32,34-38H,9-10H2,1-3H3/t17-,18-,21-,22-,23+,24-,25-,28+,29+,30-/m1/s1. The molecule has 0 bridgehead atoms. The predicted octanol–water partition coefficient (Wildman–Crippen LogP) is -1.51. The molecule has 252 valence electrons. The first-order valence-corrected chi connectivity index (χ1v) is 14.2. The van der Waals surface area contributed by atoms with E-state index in [4.69, 9.17) is 37.6 Å². The second kappa shape index (κ2) is 14.1. The number of rotatable bonds is 10. The van der Waals surface area contributed by atoms with Crippen molar-refractivity contribution in [1.82, 2.24) is 0 Å². The molecule has 16 heteroatoms. The third-order valence-electron chi connectivity index (χ3n) is 7.96. The molecule has 46 heavy (non-hydrogen) atoms. The first-order valence-electron chi connectivity index (χ1n) is 14.2. The van der Waals surface area contributed by atoms with Crippen LogP contribution >= 0.6 is 0 Å². The second-order valence-electron chi connectivity index (χ2n) is 10.6. The average molecular weight is 653 g/mol. The largest absolute Gasteiger partial charge is 0.497 e. The topological polar surface area (TPSA) is 236 Å². The fraction of sp³-hybridized carbons (Fsp3) is 0.500. The van der Waals surface area contributed by atoms with Gasteiger partial charge in [0.25, 0.3) is 0 Å². The zero-order valence-corrected chi connectivity index (χ0v) is 25.0. The highest BCUT2D eigenvalue weighted by atomic mass is 16.7. The summed E-state index contributed by atoms with van der Waals surface area (Å²) in [5.41, 5.74) is 0.352. The van der Waals surface area contributed by atoms with Crippen LogP contribution in [0, 0.1) is 0 Å². The molecule has 2 aromatic carbocycles. The zero-order chi connectivity index (χ0) is 33.3. The third kappa shape index (κ3) is 6.12. The van der Waals surface area contributed by atoms with Gasteiger partial charge in [0.2, 0.25) is 17.5 Å². The molecule has 3 heterocycles. The summed E-state index contributed by atoms with van der Waals surface area (Å²) >= 11 is 0. The van der Waals surface area contributed by atoms with Crippen LogP contribution in [0.25, 0.3) is 22.1 Å². The molecule has 2 aliphatic heterocycles. The summed E-state index contributed by atoms with van der Waals surface area (Å²) in [6, 6.07) is 8.06. The summed E-state index contributed by atoms with van der Waals surface area (Å²) in [5, 5.41) is 72.1. The molecule has 2 saturated heterocycles. The van der Waals surface area contributed by atoms with E-state index in [1.54, 1.807) is 24.3 Å². The second-order valence-corrected chi connectivity index (χ2v) is 10.6. The Morgan fingerprint density at radius 1 is 0.739 bits per heavy atom. The molecular formula is C30H36O16. The lowest BCUT2D eigenvalue weighted by molar-refractivity contribution is -0.352. The molecule has 10 atom stereocenters. The minimum Gasteiger partial charge on any atom is -0.497 e. The molecule has 16 nitrogen and oxygen atoms in total. The molecule has 0 saturated carbocycles. The summed E-state index contributed by atoms with van der Waals surface area (Å²) in [7, 11) is 4.11. The quantitative estimate of drug-likeness (QED) is 0.132. The highest BCUT2D eigenvalue weighted by molar-refractivity contribution is 5.91. The van der Waals surface area contributed by atoms with Crippen LogP contribution in [-0.2, 0) is 14.2 Å². The van der Waals surface area contributed by atoms with Gasteiger partial charge in [0.1, 0.15) is 71.8 Å². The van der Waals surface area contributed by atoms with Gasteiger partial charge in [-0.3, -0.25) is 4.79 Å². The lowest BCUT2D eigenvalue weighted by Gasteiger charge is -2.45. The van der Waals surface area contributed by atoms with Gasteiger partial charge in [-0.05, 0) is 17.7 Å². The van der Waals surface area contributed by atoms with Gasteiger partial charge in [0, 0.05) is 6.07 Å². The lowest BCUT2D eigenvalue weighted by atomic mass is 9.97. The minimum absolute atomic E-state index is 0.0214. The summed E-state index contributed by atoms with van der Waals surface area (Å²) in [5.74, 6) is 0.329. The Bertz CT molecular complexity index is 1540. The van der Waals surface area contributed by atoms with Gasteiger partial charge in [0.15, 0.2) is 17.8 Å². The molecule has 5 rings (SSSR count). The molecule has 1 aromatic heterocycles. The number of hydrogen-bond donors (Lipinski definition) is 7. The first kappa shape index (κ1) is 33.8. The average Bonchev–Trinajstić information content (AvgIpc) is 3.07. The van der Waals surface area contributed by atoms with Gasteiger partial charge >= 0.3 is 0 Å². The van der Waals surface area contributed by atoms with E-state index in [9.17, 15) is 40.5 Å². The maximum atomic E-state index is 13.7.